The maximum Gasteiger partial charge on any atom is 0.278 e. The second-order valence-electron chi connectivity index (χ2n) is 6.06. The molecule has 0 aliphatic heterocycles. The normalized spacial score (nSPS) is 10.6. The molecule has 0 unspecified atom stereocenters. The summed E-state index contributed by atoms with van der Waals surface area (Å²) in [6, 6.07) is 23.2. The van der Waals surface area contributed by atoms with E-state index in [0.717, 1.165) is 4.68 Å². The third kappa shape index (κ3) is 3.88. The molecule has 1 amide bonds. The Balaban J connectivity index is 1.48. The molecule has 1 N–H and O–H groups in total. The van der Waals surface area contributed by atoms with Crippen LogP contribution in [0.25, 0.3) is 10.9 Å². The number of amides is 1. The molecule has 0 saturated heterocycles. The molecule has 1 aromatic heterocycles. The van der Waals surface area contributed by atoms with Crippen LogP contribution in [-0.2, 0) is 11.3 Å². The number of para-hydroxylation sites is 1. The second kappa shape index (κ2) is 7.71. The van der Waals surface area contributed by atoms with Crippen LogP contribution in [0.5, 0.6) is 11.5 Å². The summed E-state index contributed by atoms with van der Waals surface area (Å²) in [4.78, 5) is 24.8. The van der Waals surface area contributed by atoms with Crippen LogP contribution in [0.2, 0.25) is 0 Å². The molecule has 7 nitrogen and oxygen atoms in total. The van der Waals surface area contributed by atoms with E-state index < -0.39 is 0 Å². The number of nitrogens with zero attached hydrogens (tertiary/aromatic N) is 3. The van der Waals surface area contributed by atoms with Crippen molar-refractivity contribution in [2.24, 2.45) is 0 Å². The van der Waals surface area contributed by atoms with Crippen molar-refractivity contribution >= 4 is 22.5 Å². The van der Waals surface area contributed by atoms with Crippen molar-refractivity contribution in [3.8, 4) is 11.5 Å². The Labute approximate surface area is 160 Å². The van der Waals surface area contributed by atoms with Gasteiger partial charge in [0.15, 0.2) is 0 Å². The van der Waals surface area contributed by atoms with Crippen LogP contribution >= 0.6 is 0 Å². The molecule has 0 bridgehead atoms. The van der Waals surface area contributed by atoms with E-state index in [1.54, 1.807) is 48.5 Å². The highest BCUT2D eigenvalue weighted by Gasteiger charge is 2.10. The van der Waals surface area contributed by atoms with E-state index in [2.05, 4.69) is 15.6 Å². The molecule has 0 aliphatic rings. The van der Waals surface area contributed by atoms with Gasteiger partial charge in [0.05, 0.1) is 5.39 Å². The summed E-state index contributed by atoms with van der Waals surface area (Å²) in [5, 5.41) is 11.0. The molecule has 0 saturated carbocycles. The number of fused-ring (bicyclic) bond motifs is 1. The molecule has 28 heavy (non-hydrogen) atoms. The number of benzene rings is 3. The number of carbonyl (C=O) groups is 1. The SMILES string of the molecule is O=C(Cn1nnc2ccccc2c1=O)Nc1cccc(Oc2ccccc2)c1. The van der Waals surface area contributed by atoms with Crippen molar-refractivity contribution in [3.05, 3.63) is 89.2 Å². The highest BCUT2D eigenvalue weighted by atomic mass is 16.5. The van der Waals surface area contributed by atoms with Gasteiger partial charge in [0, 0.05) is 11.8 Å². The number of aromatic nitrogens is 3. The molecular weight excluding hydrogens is 356 g/mol. The molecule has 0 atom stereocenters. The number of hydrogen-bond donors (Lipinski definition) is 1. The van der Waals surface area contributed by atoms with Gasteiger partial charge in [-0.05, 0) is 36.4 Å². The summed E-state index contributed by atoms with van der Waals surface area (Å²) < 4.78 is 6.80. The fraction of sp³-hybridized carbons (Fsp3) is 0.0476. The van der Waals surface area contributed by atoms with Gasteiger partial charge in [-0.25, -0.2) is 4.68 Å². The Morgan fingerprint density at radius 1 is 0.929 bits per heavy atom. The van der Waals surface area contributed by atoms with Gasteiger partial charge >= 0.3 is 0 Å². The monoisotopic (exact) mass is 372 g/mol. The summed E-state index contributed by atoms with van der Waals surface area (Å²) >= 11 is 0. The summed E-state index contributed by atoms with van der Waals surface area (Å²) in [7, 11) is 0. The fourth-order valence-corrected chi connectivity index (χ4v) is 2.73. The molecule has 138 valence electrons. The lowest BCUT2D eigenvalue weighted by Crippen LogP contribution is -2.30. The van der Waals surface area contributed by atoms with Gasteiger partial charge in [-0.3, -0.25) is 9.59 Å². The van der Waals surface area contributed by atoms with Crippen LogP contribution in [0.4, 0.5) is 5.69 Å². The quantitative estimate of drug-likeness (QED) is 0.581. The average molecular weight is 372 g/mol. The molecule has 0 radical (unpaired) electrons. The minimum atomic E-state index is -0.386. The van der Waals surface area contributed by atoms with Crippen LogP contribution in [0.3, 0.4) is 0 Å². The van der Waals surface area contributed by atoms with E-state index in [1.165, 1.54) is 0 Å². The van der Waals surface area contributed by atoms with Gasteiger partial charge in [0.1, 0.15) is 23.6 Å². The molecule has 4 rings (SSSR count). The summed E-state index contributed by atoms with van der Waals surface area (Å²) in [5.74, 6) is 0.902. The molecule has 4 aromatic rings. The number of rotatable bonds is 5. The number of anilines is 1. The first kappa shape index (κ1) is 17.4. The lowest BCUT2D eigenvalue weighted by Gasteiger charge is -2.09. The number of nitrogens with one attached hydrogen (secondary N) is 1. The number of carbonyl (C=O) groups excluding carboxylic acids is 1. The van der Waals surface area contributed by atoms with Crippen molar-refractivity contribution in [1.82, 2.24) is 15.0 Å². The predicted octanol–water partition coefficient (Wildman–Crippen LogP) is 3.22. The van der Waals surface area contributed by atoms with Gasteiger partial charge < -0.3 is 10.1 Å². The molecule has 7 heteroatoms. The van der Waals surface area contributed by atoms with Crippen LogP contribution in [0.15, 0.2) is 83.7 Å². The largest absolute Gasteiger partial charge is 0.457 e. The Hall–Kier alpha value is -4.00. The maximum absolute atomic E-state index is 12.4. The zero-order chi connectivity index (χ0) is 19.3. The predicted molar refractivity (Wildman–Crippen MR) is 105 cm³/mol. The first-order chi connectivity index (χ1) is 13.7. The third-order valence-corrected chi connectivity index (χ3v) is 4.02. The third-order valence-electron chi connectivity index (χ3n) is 4.02. The maximum atomic E-state index is 12.4. The minimum absolute atomic E-state index is 0.236. The van der Waals surface area contributed by atoms with Gasteiger partial charge in [-0.2, -0.15) is 0 Å². The molecule has 0 spiro atoms. The van der Waals surface area contributed by atoms with Crippen molar-refractivity contribution < 1.29 is 9.53 Å². The summed E-state index contributed by atoms with van der Waals surface area (Å²) in [6.45, 7) is -0.236. The van der Waals surface area contributed by atoms with Crippen molar-refractivity contribution in [2.45, 2.75) is 6.54 Å². The topological polar surface area (TPSA) is 86.1 Å². The van der Waals surface area contributed by atoms with E-state index in [9.17, 15) is 9.59 Å². The van der Waals surface area contributed by atoms with Crippen molar-refractivity contribution in [1.29, 1.82) is 0 Å². The Bertz CT molecular complexity index is 1190. The highest BCUT2D eigenvalue weighted by molar-refractivity contribution is 5.90. The van der Waals surface area contributed by atoms with Gasteiger partial charge in [0.2, 0.25) is 5.91 Å². The van der Waals surface area contributed by atoms with Crippen LogP contribution in [0, 0.1) is 0 Å². The van der Waals surface area contributed by atoms with E-state index in [4.69, 9.17) is 4.74 Å². The summed E-state index contributed by atoms with van der Waals surface area (Å²) in [5.41, 5.74) is 0.692. The lowest BCUT2D eigenvalue weighted by molar-refractivity contribution is -0.117. The molecule has 0 aliphatic carbocycles. The minimum Gasteiger partial charge on any atom is -0.457 e. The fourth-order valence-electron chi connectivity index (χ4n) is 2.73. The average Bonchev–Trinajstić information content (AvgIpc) is 2.71. The van der Waals surface area contributed by atoms with E-state index in [0.29, 0.717) is 28.1 Å². The lowest BCUT2D eigenvalue weighted by atomic mass is 10.2. The van der Waals surface area contributed by atoms with Crippen LogP contribution < -0.4 is 15.6 Å². The molecule has 1 heterocycles. The molecule has 3 aromatic carbocycles. The number of hydrogen-bond acceptors (Lipinski definition) is 5. The standard InChI is InChI=1S/C21H16N4O3/c26-20(14-25-21(27)18-11-4-5-12-19(18)23-24-25)22-15-7-6-10-17(13-15)28-16-8-2-1-3-9-16/h1-13H,14H2,(H,22,26). The molecule has 0 fully saturated rings. The Morgan fingerprint density at radius 3 is 2.54 bits per heavy atom. The zero-order valence-corrected chi connectivity index (χ0v) is 14.8. The Kier molecular flexibility index (Phi) is 4.79. The van der Waals surface area contributed by atoms with Crippen LogP contribution in [0.1, 0.15) is 0 Å². The highest BCUT2D eigenvalue weighted by Crippen LogP contribution is 2.23. The van der Waals surface area contributed by atoms with E-state index in [-0.39, 0.29) is 18.0 Å². The van der Waals surface area contributed by atoms with Gasteiger partial charge in [-0.1, -0.05) is 41.6 Å². The first-order valence-electron chi connectivity index (χ1n) is 8.64. The first-order valence-corrected chi connectivity index (χ1v) is 8.64. The van der Waals surface area contributed by atoms with Crippen LogP contribution in [-0.4, -0.2) is 20.9 Å². The van der Waals surface area contributed by atoms with Crippen molar-refractivity contribution in [3.63, 3.8) is 0 Å². The van der Waals surface area contributed by atoms with E-state index >= 15 is 0 Å². The van der Waals surface area contributed by atoms with Crippen molar-refractivity contribution in [2.75, 3.05) is 5.32 Å². The Morgan fingerprint density at radius 2 is 1.68 bits per heavy atom. The van der Waals surface area contributed by atoms with E-state index in [1.807, 2.05) is 30.3 Å². The van der Waals surface area contributed by atoms with Gasteiger partial charge in [-0.15, -0.1) is 5.10 Å². The second-order valence-corrected chi connectivity index (χ2v) is 6.06. The number of ether oxygens (including phenoxy) is 1. The zero-order valence-electron chi connectivity index (χ0n) is 14.8. The summed E-state index contributed by atoms with van der Waals surface area (Å²) in [6.07, 6.45) is 0. The smallest absolute Gasteiger partial charge is 0.278 e. The van der Waals surface area contributed by atoms with Gasteiger partial charge in [0.25, 0.3) is 5.56 Å². The molecular formula is C21H16N4O3.